The van der Waals surface area contributed by atoms with Gasteiger partial charge >= 0.3 is 0 Å². The highest BCUT2D eigenvalue weighted by Crippen LogP contribution is 2.33. The third-order valence-electron chi connectivity index (χ3n) is 3.77. The third-order valence-corrected chi connectivity index (χ3v) is 3.77. The summed E-state index contributed by atoms with van der Waals surface area (Å²) in [5.41, 5.74) is 5.87. The molecule has 0 aliphatic carbocycles. The number of rotatable bonds is 0. The van der Waals surface area contributed by atoms with Crippen molar-refractivity contribution < 1.29 is 4.40 Å². The lowest BCUT2D eigenvalue weighted by atomic mass is 10.1. The largest absolute Gasteiger partial charge is 0.279 e. The van der Waals surface area contributed by atoms with Crippen LogP contribution in [0.15, 0.2) is 49.4 Å². The SMILES string of the molecule is c1cnc2c[n+]3cn4c(c3n2c1)-c1cnccc1C4. The lowest BCUT2D eigenvalue weighted by Crippen LogP contribution is -2.15. The molecule has 0 atom stereocenters. The Labute approximate surface area is 108 Å². The Kier molecular flexibility index (Phi) is 1.46. The maximum atomic E-state index is 4.39. The first-order valence-electron chi connectivity index (χ1n) is 6.21. The molecule has 0 amide bonds. The average Bonchev–Trinajstić information content (AvgIpc) is 3.04. The fourth-order valence-electron chi connectivity index (χ4n) is 2.98. The Balaban J connectivity index is 2.00. The van der Waals surface area contributed by atoms with E-state index in [1.165, 1.54) is 16.8 Å². The topological polar surface area (TPSA) is 39.2 Å². The number of hydrogen-bond donors (Lipinski definition) is 0. The zero-order chi connectivity index (χ0) is 12.4. The second-order valence-corrected chi connectivity index (χ2v) is 4.83. The molecule has 0 N–H and O–H groups in total. The van der Waals surface area contributed by atoms with Gasteiger partial charge in [-0.3, -0.25) is 9.55 Å². The standard InChI is InChI=1S/C14H10N5/c1-3-16-12-8-18-9-17-7-10-2-4-15-6-11(10)13(17)14(18)19(12)5-1/h1-6,8-9H,7H2/q+1. The lowest BCUT2D eigenvalue weighted by Gasteiger charge is -1.93. The predicted molar refractivity (Wildman–Crippen MR) is 68.7 cm³/mol. The number of hydrogen-bond acceptors (Lipinski definition) is 2. The monoisotopic (exact) mass is 248 g/mol. The highest BCUT2D eigenvalue weighted by Gasteiger charge is 2.30. The molecule has 5 nitrogen and oxygen atoms in total. The van der Waals surface area contributed by atoms with Crippen molar-refractivity contribution in [3.63, 3.8) is 0 Å². The second kappa shape index (κ2) is 3.00. The molecular weight excluding hydrogens is 238 g/mol. The zero-order valence-electron chi connectivity index (χ0n) is 10.1. The molecule has 1 aliphatic heterocycles. The first-order valence-corrected chi connectivity index (χ1v) is 6.21. The predicted octanol–water partition coefficient (Wildman–Crippen LogP) is 1.30. The van der Waals surface area contributed by atoms with Crippen LogP contribution in [-0.2, 0) is 6.54 Å². The normalized spacial score (nSPS) is 13.1. The highest BCUT2D eigenvalue weighted by molar-refractivity contribution is 5.78. The minimum atomic E-state index is 0.914. The van der Waals surface area contributed by atoms with E-state index < -0.39 is 0 Å². The molecule has 0 saturated carbocycles. The smallest absolute Gasteiger partial charge is 0.264 e. The molecular formula is C14H10N5+. The van der Waals surface area contributed by atoms with E-state index >= 15 is 0 Å². The molecule has 4 aromatic rings. The van der Waals surface area contributed by atoms with E-state index in [0.29, 0.717) is 0 Å². The maximum Gasteiger partial charge on any atom is 0.279 e. The third kappa shape index (κ3) is 1.03. The molecule has 5 rings (SSSR count). The fourth-order valence-corrected chi connectivity index (χ4v) is 2.98. The van der Waals surface area contributed by atoms with Crippen LogP contribution in [0.25, 0.3) is 22.6 Å². The summed E-state index contributed by atoms with van der Waals surface area (Å²) in [6.45, 7) is 0.914. The van der Waals surface area contributed by atoms with Crippen molar-refractivity contribution in [2.75, 3.05) is 0 Å². The minimum absolute atomic E-state index is 0.914. The minimum Gasteiger partial charge on any atom is -0.264 e. The van der Waals surface area contributed by atoms with Crippen LogP contribution in [-0.4, -0.2) is 18.9 Å². The van der Waals surface area contributed by atoms with Gasteiger partial charge in [-0.15, -0.1) is 0 Å². The van der Waals surface area contributed by atoms with Crippen LogP contribution in [0.1, 0.15) is 5.56 Å². The fraction of sp³-hybridized carbons (Fsp3) is 0.0714. The first kappa shape index (κ1) is 9.27. The van der Waals surface area contributed by atoms with Gasteiger partial charge in [-0.2, -0.15) is 0 Å². The summed E-state index contributed by atoms with van der Waals surface area (Å²) < 4.78 is 6.52. The van der Waals surface area contributed by atoms with Crippen LogP contribution in [0.4, 0.5) is 0 Å². The Hall–Kier alpha value is -2.69. The van der Waals surface area contributed by atoms with Crippen LogP contribution in [0, 0.1) is 0 Å². The van der Waals surface area contributed by atoms with Crippen LogP contribution in [0.3, 0.4) is 0 Å². The van der Waals surface area contributed by atoms with Crippen molar-refractivity contribution in [1.29, 1.82) is 0 Å². The molecule has 0 saturated heterocycles. The van der Waals surface area contributed by atoms with Gasteiger partial charge in [-0.25, -0.2) is 13.8 Å². The molecule has 5 heterocycles. The van der Waals surface area contributed by atoms with Crippen molar-refractivity contribution in [2.24, 2.45) is 0 Å². The van der Waals surface area contributed by atoms with Crippen molar-refractivity contribution in [1.82, 2.24) is 18.9 Å². The van der Waals surface area contributed by atoms with Gasteiger partial charge in [0.1, 0.15) is 6.20 Å². The summed E-state index contributed by atoms with van der Waals surface area (Å²) in [6, 6.07) is 4.04. The van der Waals surface area contributed by atoms with E-state index in [2.05, 4.69) is 41.9 Å². The number of aromatic nitrogens is 5. The number of fused-ring (bicyclic) bond motifs is 7. The van der Waals surface area contributed by atoms with E-state index in [9.17, 15) is 0 Å². The Morgan fingerprint density at radius 3 is 3.26 bits per heavy atom. The summed E-state index contributed by atoms with van der Waals surface area (Å²) in [7, 11) is 0. The summed E-state index contributed by atoms with van der Waals surface area (Å²) in [4.78, 5) is 8.65. The van der Waals surface area contributed by atoms with Crippen molar-refractivity contribution >= 4 is 11.3 Å². The molecule has 19 heavy (non-hydrogen) atoms. The molecule has 5 heteroatoms. The molecule has 0 spiro atoms. The van der Waals surface area contributed by atoms with Gasteiger partial charge in [0, 0.05) is 29.7 Å². The van der Waals surface area contributed by atoms with E-state index in [0.717, 1.165) is 17.8 Å². The zero-order valence-corrected chi connectivity index (χ0v) is 10.1. The number of pyridine rings is 1. The van der Waals surface area contributed by atoms with Gasteiger partial charge in [-0.05, 0) is 12.1 Å². The van der Waals surface area contributed by atoms with Crippen molar-refractivity contribution in [2.45, 2.75) is 6.54 Å². The van der Waals surface area contributed by atoms with Crippen molar-refractivity contribution in [3.05, 3.63) is 55.0 Å². The van der Waals surface area contributed by atoms with Gasteiger partial charge in [-0.1, -0.05) is 0 Å². The van der Waals surface area contributed by atoms with Crippen LogP contribution < -0.4 is 4.40 Å². The van der Waals surface area contributed by atoms with E-state index in [-0.39, 0.29) is 0 Å². The molecule has 0 bridgehead atoms. The van der Waals surface area contributed by atoms with Gasteiger partial charge in [0.2, 0.25) is 5.65 Å². The van der Waals surface area contributed by atoms with E-state index in [4.69, 9.17) is 0 Å². The summed E-state index contributed by atoms with van der Waals surface area (Å²) in [6.07, 6.45) is 11.8. The van der Waals surface area contributed by atoms with Crippen molar-refractivity contribution in [3.8, 4) is 11.3 Å². The number of nitrogens with zero attached hydrogens (tertiary/aromatic N) is 5. The average molecular weight is 248 g/mol. The van der Waals surface area contributed by atoms with Crippen LogP contribution >= 0.6 is 0 Å². The Morgan fingerprint density at radius 1 is 1.26 bits per heavy atom. The molecule has 1 aliphatic rings. The van der Waals surface area contributed by atoms with Crippen LogP contribution in [0.2, 0.25) is 0 Å². The maximum absolute atomic E-state index is 4.39. The van der Waals surface area contributed by atoms with Gasteiger partial charge in [0.25, 0.3) is 5.65 Å². The van der Waals surface area contributed by atoms with Gasteiger partial charge < -0.3 is 0 Å². The highest BCUT2D eigenvalue weighted by atomic mass is 15.2. The summed E-state index contributed by atoms with van der Waals surface area (Å²) >= 11 is 0. The van der Waals surface area contributed by atoms with Gasteiger partial charge in [0.05, 0.1) is 12.7 Å². The first-order chi connectivity index (χ1) is 9.42. The molecule has 0 fully saturated rings. The van der Waals surface area contributed by atoms with Crippen LogP contribution in [0.5, 0.6) is 0 Å². The Morgan fingerprint density at radius 2 is 2.26 bits per heavy atom. The summed E-state index contributed by atoms with van der Waals surface area (Å²) in [5.74, 6) is 0. The molecule has 90 valence electrons. The van der Waals surface area contributed by atoms with E-state index in [1.807, 2.05) is 30.9 Å². The molecule has 0 aromatic carbocycles. The lowest BCUT2D eigenvalue weighted by molar-refractivity contribution is -0.510. The Bertz CT molecular complexity index is 947. The number of imidazole rings is 2. The summed E-state index contributed by atoms with van der Waals surface area (Å²) in [5, 5.41) is 0. The van der Waals surface area contributed by atoms with Gasteiger partial charge in [0.15, 0.2) is 12.0 Å². The second-order valence-electron chi connectivity index (χ2n) is 4.83. The molecule has 0 radical (unpaired) electrons. The van der Waals surface area contributed by atoms with E-state index in [1.54, 1.807) is 0 Å². The quantitative estimate of drug-likeness (QED) is 0.387. The molecule has 0 unspecified atom stereocenters. The molecule has 4 aromatic heterocycles.